The summed E-state index contributed by atoms with van der Waals surface area (Å²) in [5.74, 6) is 0.628. The summed E-state index contributed by atoms with van der Waals surface area (Å²) in [6.07, 6.45) is 0. The van der Waals surface area contributed by atoms with Gasteiger partial charge in [0, 0.05) is 27.5 Å². The van der Waals surface area contributed by atoms with Gasteiger partial charge < -0.3 is 0 Å². The summed E-state index contributed by atoms with van der Waals surface area (Å²) in [5, 5.41) is 2.32. The second-order valence-corrected chi connectivity index (χ2v) is 18.0. The van der Waals surface area contributed by atoms with E-state index in [0.717, 1.165) is 55.4 Å². The average Bonchev–Trinajstić information content (AvgIpc) is 4.03. The Morgan fingerprint density at radius 3 is 1.24 bits per heavy atom. The lowest BCUT2D eigenvalue weighted by atomic mass is 9.70. The molecule has 2 heterocycles. The Balaban J connectivity index is 1.07. The zero-order chi connectivity index (χ0) is 44.8. The van der Waals surface area contributed by atoms with Crippen LogP contribution in [0.1, 0.15) is 22.3 Å². The van der Waals surface area contributed by atoms with E-state index in [4.69, 9.17) is 9.97 Å². The minimum Gasteiger partial charge on any atom is -0.277 e. The third kappa shape index (κ3) is 5.66. The maximum atomic E-state index is 5.61. The summed E-state index contributed by atoms with van der Waals surface area (Å²) < 4.78 is 2.37. The van der Waals surface area contributed by atoms with E-state index in [0.29, 0.717) is 5.95 Å². The van der Waals surface area contributed by atoms with Crippen LogP contribution in [0, 0.1) is 0 Å². The molecule has 2 aliphatic rings. The lowest BCUT2D eigenvalue weighted by Gasteiger charge is -2.30. The van der Waals surface area contributed by atoms with Gasteiger partial charge in [0.05, 0.1) is 27.8 Å². The first-order valence-electron chi connectivity index (χ1n) is 23.4. The van der Waals surface area contributed by atoms with Crippen molar-refractivity contribution in [2.24, 2.45) is 0 Å². The van der Waals surface area contributed by atoms with Crippen LogP contribution in [0.15, 0.2) is 249 Å². The number of benzene rings is 10. The van der Waals surface area contributed by atoms with Crippen molar-refractivity contribution in [3.05, 3.63) is 271 Å². The van der Waals surface area contributed by atoms with E-state index >= 15 is 0 Å². The van der Waals surface area contributed by atoms with E-state index in [2.05, 4.69) is 253 Å². The van der Waals surface area contributed by atoms with Crippen LogP contribution in [0.5, 0.6) is 0 Å². The van der Waals surface area contributed by atoms with Crippen molar-refractivity contribution in [2.75, 3.05) is 0 Å². The molecule has 0 bridgehead atoms. The monoisotopic (exact) mass is 863 g/mol. The summed E-state index contributed by atoms with van der Waals surface area (Å²) in [5.41, 5.74) is 22.7. The van der Waals surface area contributed by atoms with Crippen molar-refractivity contribution in [1.82, 2.24) is 14.5 Å². The Kier molecular flexibility index (Phi) is 8.50. The lowest BCUT2D eigenvalue weighted by Crippen LogP contribution is -2.25. The highest BCUT2D eigenvalue weighted by Crippen LogP contribution is 2.64. The molecule has 3 nitrogen and oxygen atoms in total. The first-order chi connectivity index (χ1) is 33.7. The standard InChI is InChI=1S/C65H41N3/c1-4-16-42(17-5-1)45-28-32-47(33-29-45)59-41-60(48-34-30-46(31-35-48)43-18-6-2-7-19-43)67-64(66-59)68-61-39-36-49(44-20-8-3-9-21-44)40-54(61)52-37-38-58-62(63(52)68)53-24-12-15-27-57(53)65(58)55-25-13-10-22-50(55)51-23-11-14-26-56(51)65/h1-41H. The molecule has 2 aliphatic carbocycles. The minimum atomic E-state index is -0.501. The highest BCUT2D eigenvalue weighted by atomic mass is 15.2. The fourth-order valence-electron chi connectivity index (χ4n) is 11.5. The SMILES string of the molecule is c1ccc(-c2ccc(-c3cc(-c4ccc(-c5ccccc5)cc4)nc(-n4c5ccc(-c6ccccc6)cc5c5ccc6c(c54)-c4ccccc4C64c5ccccc5-c5ccccc54)n3)cc2)cc1. The third-order valence-corrected chi connectivity index (χ3v) is 14.5. The van der Waals surface area contributed by atoms with Gasteiger partial charge in [-0.3, -0.25) is 4.57 Å². The van der Waals surface area contributed by atoms with Gasteiger partial charge in [0.1, 0.15) is 0 Å². The molecule has 0 unspecified atom stereocenters. The van der Waals surface area contributed by atoms with Crippen LogP contribution >= 0.6 is 0 Å². The van der Waals surface area contributed by atoms with Crippen molar-refractivity contribution in [3.63, 3.8) is 0 Å². The first-order valence-corrected chi connectivity index (χ1v) is 23.4. The van der Waals surface area contributed by atoms with Crippen molar-refractivity contribution >= 4 is 21.8 Å². The van der Waals surface area contributed by atoms with Crippen molar-refractivity contribution in [3.8, 4) is 84.1 Å². The molecule has 0 saturated carbocycles. The van der Waals surface area contributed by atoms with Crippen molar-refractivity contribution in [1.29, 1.82) is 0 Å². The van der Waals surface area contributed by atoms with Gasteiger partial charge in [-0.2, -0.15) is 0 Å². The predicted octanol–water partition coefficient (Wildman–Crippen LogP) is 16.3. The molecule has 2 aromatic heterocycles. The Hall–Kier alpha value is -8.92. The third-order valence-electron chi connectivity index (χ3n) is 14.5. The molecule has 68 heavy (non-hydrogen) atoms. The largest absolute Gasteiger partial charge is 0.277 e. The minimum absolute atomic E-state index is 0.501. The highest BCUT2D eigenvalue weighted by Gasteiger charge is 2.52. The molecule has 14 rings (SSSR count). The van der Waals surface area contributed by atoms with Crippen molar-refractivity contribution in [2.45, 2.75) is 5.41 Å². The smallest absolute Gasteiger partial charge is 0.235 e. The molecule has 1 spiro atoms. The molecular weight excluding hydrogens is 823 g/mol. The number of rotatable bonds is 6. The molecule has 0 amide bonds. The van der Waals surface area contributed by atoms with E-state index in [1.807, 2.05) is 0 Å². The predicted molar refractivity (Wildman–Crippen MR) is 280 cm³/mol. The van der Waals surface area contributed by atoms with Gasteiger partial charge in [-0.15, -0.1) is 0 Å². The maximum absolute atomic E-state index is 5.61. The topological polar surface area (TPSA) is 30.7 Å². The number of aromatic nitrogens is 3. The van der Waals surface area contributed by atoms with Gasteiger partial charge in [0.25, 0.3) is 0 Å². The number of fused-ring (bicyclic) bond motifs is 14. The Labute approximate surface area is 395 Å². The van der Waals surface area contributed by atoms with Gasteiger partial charge >= 0.3 is 0 Å². The Morgan fingerprint density at radius 2 is 0.706 bits per heavy atom. The second-order valence-electron chi connectivity index (χ2n) is 18.0. The van der Waals surface area contributed by atoms with Crippen LogP contribution in [0.25, 0.3) is 106 Å². The van der Waals surface area contributed by atoms with Gasteiger partial charge in [-0.05, 0) is 90.5 Å². The van der Waals surface area contributed by atoms with E-state index in [-0.39, 0.29) is 0 Å². The summed E-state index contributed by atoms with van der Waals surface area (Å²) in [6.45, 7) is 0. The maximum Gasteiger partial charge on any atom is 0.235 e. The molecule has 10 aromatic carbocycles. The van der Waals surface area contributed by atoms with Gasteiger partial charge in [-0.25, -0.2) is 9.97 Å². The van der Waals surface area contributed by atoms with Crippen molar-refractivity contribution < 1.29 is 0 Å². The molecule has 0 atom stereocenters. The fraction of sp³-hybridized carbons (Fsp3) is 0.0154. The summed E-state index contributed by atoms with van der Waals surface area (Å²) in [6, 6.07) is 90.3. The van der Waals surface area contributed by atoms with Crippen LogP contribution in [-0.4, -0.2) is 14.5 Å². The number of hydrogen-bond acceptors (Lipinski definition) is 2. The van der Waals surface area contributed by atoms with Crippen LogP contribution in [0.4, 0.5) is 0 Å². The van der Waals surface area contributed by atoms with Crippen LogP contribution in [-0.2, 0) is 5.41 Å². The lowest BCUT2D eigenvalue weighted by molar-refractivity contribution is 0.794. The highest BCUT2D eigenvalue weighted by molar-refractivity contribution is 6.17. The van der Waals surface area contributed by atoms with E-state index in [1.54, 1.807) is 0 Å². The number of hydrogen-bond donors (Lipinski definition) is 0. The van der Waals surface area contributed by atoms with Gasteiger partial charge in [-0.1, -0.05) is 231 Å². The van der Waals surface area contributed by atoms with E-state index < -0.39 is 5.41 Å². The zero-order valence-corrected chi connectivity index (χ0v) is 37.0. The molecule has 0 radical (unpaired) electrons. The summed E-state index contributed by atoms with van der Waals surface area (Å²) in [7, 11) is 0. The first kappa shape index (κ1) is 38.4. The molecule has 3 heteroatoms. The summed E-state index contributed by atoms with van der Waals surface area (Å²) in [4.78, 5) is 11.2. The molecule has 316 valence electrons. The Morgan fingerprint density at radius 1 is 0.294 bits per heavy atom. The second kappa shape index (κ2) is 15.1. The molecule has 0 N–H and O–H groups in total. The van der Waals surface area contributed by atoms with E-state index in [9.17, 15) is 0 Å². The van der Waals surface area contributed by atoms with Gasteiger partial charge in [0.15, 0.2) is 0 Å². The van der Waals surface area contributed by atoms with Crippen LogP contribution in [0.2, 0.25) is 0 Å². The fourth-order valence-corrected chi connectivity index (χ4v) is 11.5. The van der Waals surface area contributed by atoms with Crippen LogP contribution in [0.3, 0.4) is 0 Å². The quantitative estimate of drug-likeness (QED) is 0.167. The normalized spacial score (nSPS) is 12.8. The molecule has 0 aliphatic heterocycles. The Bertz CT molecular complexity index is 3780. The average molecular weight is 864 g/mol. The van der Waals surface area contributed by atoms with E-state index in [1.165, 1.54) is 66.8 Å². The van der Waals surface area contributed by atoms with Gasteiger partial charge in [0.2, 0.25) is 5.95 Å². The molecular formula is C65H41N3. The molecule has 0 fully saturated rings. The zero-order valence-electron chi connectivity index (χ0n) is 37.0. The number of nitrogens with zero attached hydrogens (tertiary/aromatic N) is 3. The molecule has 0 saturated heterocycles. The van der Waals surface area contributed by atoms with Crippen LogP contribution < -0.4 is 0 Å². The molecule has 12 aromatic rings. The summed E-state index contributed by atoms with van der Waals surface area (Å²) >= 11 is 0.